The summed E-state index contributed by atoms with van der Waals surface area (Å²) in [5.41, 5.74) is 2.97. The van der Waals surface area contributed by atoms with E-state index in [2.05, 4.69) is 10.9 Å². The molecule has 2 aromatic rings. The molecule has 0 unspecified atom stereocenters. The van der Waals surface area contributed by atoms with Gasteiger partial charge in [0.2, 0.25) is 0 Å². The maximum Gasteiger partial charge on any atom is 0.416 e. The number of amides is 1. The van der Waals surface area contributed by atoms with E-state index in [1.165, 1.54) is 18.2 Å². The lowest BCUT2D eigenvalue weighted by Crippen LogP contribution is -2.37. The van der Waals surface area contributed by atoms with Gasteiger partial charge in [0.15, 0.2) is 0 Å². The monoisotopic (exact) mass is 371 g/mol. The summed E-state index contributed by atoms with van der Waals surface area (Å²) in [6.45, 7) is -0.364. The highest BCUT2D eigenvalue weighted by Gasteiger charge is 2.33. The quantitative estimate of drug-likeness (QED) is 0.634. The summed E-state index contributed by atoms with van der Waals surface area (Å²) in [6, 6.07) is 8.17. The van der Waals surface area contributed by atoms with Gasteiger partial charge in [0.05, 0.1) is 22.8 Å². The van der Waals surface area contributed by atoms with E-state index in [4.69, 9.17) is 16.9 Å². The number of nitrogens with zero attached hydrogens (tertiary/aromatic N) is 1. The van der Waals surface area contributed by atoms with E-state index < -0.39 is 29.0 Å². The van der Waals surface area contributed by atoms with Gasteiger partial charge in [-0.25, -0.2) is 9.82 Å². The van der Waals surface area contributed by atoms with Gasteiger partial charge in [-0.1, -0.05) is 17.7 Å². The summed E-state index contributed by atoms with van der Waals surface area (Å²) in [7, 11) is 0. The molecule has 1 amide bonds. The minimum absolute atomic E-state index is 0.0728. The molecule has 0 radical (unpaired) electrons. The summed E-state index contributed by atoms with van der Waals surface area (Å²) in [5, 5.41) is 8.68. The van der Waals surface area contributed by atoms with Crippen LogP contribution in [-0.2, 0) is 12.7 Å². The lowest BCUT2D eigenvalue weighted by Gasteiger charge is -2.14. The van der Waals surface area contributed by atoms with Crippen molar-refractivity contribution in [3.05, 3.63) is 69.5 Å². The third kappa shape index (κ3) is 4.68. The molecule has 9 heteroatoms. The Labute approximate surface area is 145 Å². The lowest BCUT2D eigenvalue weighted by molar-refractivity contribution is -0.138. The van der Waals surface area contributed by atoms with Crippen molar-refractivity contribution in [1.29, 1.82) is 5.26 Å². The maximum atomic E-state index is 13.6. The Kier molecular flexibility index (Phi) is 5.62. The van der Waals surface area contributed by atoms with Crippen LogP contribution in [0.25, 0.3) is 0 Å². The zero-order valence-electron chi connectivity index (χ0n) is 12.4. The smallest absolute Gasteiger partial charge is 0.287 e. The van der Waals surface area contributed by atoms with Crippen LogP contribution in [0, 0.1) is 17.1 Å². The molecule has 0 aliphatic rings. The van der Waals surface area contributed by atoms with E-state index in [-0.39, 0.29) is 22.7 Å². The van der Waals surface area contributed by atoms with Gasteiger partial charge in [0.1, 0.15) is 5.82 Å². The molecule has 0 fully saturated rings. The number of carbonyl (C=O) groups excluding carboxylic acids is 1. The average Bonchev–Trinajstić information content (AvgIpc) is 2.55. The number of hydrogen-bond donors (Lipinski definition) is 2. The van der Waals surface area contributed by atoms with Crippen LogP contribution in [0.2, 0.25) is 5.02 Å². The molecule has 2 aromatic carbocycles. The lowest BCUT2D eigenvalue weighted by atomic mass is 10.1. The summed E-state index contributed by atoms with van der Waals surface area (Å²) < 4.78 is 52.5. The van der Waals surface area contributed by atoms with Crippen molar-refractivity contribution in [2.24, 2.45) is 0 Å². The SMILES string of the molecule is N#Cc1ccc(F)c(C(=O)NNCc2ccc(Cl)cc2C(F)(F)F)c1. The molecular formula is C16H10ClF4N3O. The summed E-state index contributed by atoms with van der Waals surface area (Å²) in [4.78, 5) is 11.9. The molecule has 4 nitrogen and oxygen atoms in total. The van der Waals surface area contributed by atoms with Crippen LogP contribution in [0.3, 0.4) is 0 Å². The zero-order valence-corrected chi connectivity index (χ0v) is 13.2. The first-order valence-corrected chi connectivity index (χ1v) is 7.18. The Bertz CT molecular complexity index is 846. The molecule has 0 aliphatic carbocycles. The van der Waals surface area contributed by atoms with Crippen LogP contribution in [0.1, 0.15) is 27.0 Å². The molecule has 0 aromatic heterocycles. The Morgan fingerprint density at radius 2 is 1.92 bits per heavy atom. The van der Waals surface area contributed by atoms with E-state index >= 15 is 0 Å². The largest absolute Gasteiger partial charge is 0.416 e. The normalized spacial score (nSPS) is 11.0. The Balaban J connectivity index is 2.09. The van der Waals surface area contributed by atoms with E-state index in [1.54, 1.807) is 6.07 Å². The molecular weight excluding hydrogens is 362 g/mol. The third-order valence-corrected chi connectivity index (χ3v) is 3.43. The number of carbonyl (C=O) groups is 1. The van der Waals surface area contributed by atoms with Gasteiger partial charge in [-0.2, -0.15) is 18.4 Å². The minimum Gasteiger partial charge on any atom is -0.287 e. The highest BCUT2D eigenvalue weighted by molar-refractivity contribution is 6.30. The molecule has 0 spiro atoms. The fraction of sp³-hybridized carbons (Fsp3) is 0.125. The first-order chi connectivity index (χ1) is 11.7. The van der Waals surface area contributed by atoms with Crippen molar-refractivity contribution in [2.45, 2.75) is 12.7 Å². The second kappa shape index (κ2) is 7.51. The first kappa shape index (κ1) is 18.7. The van der Waals surface area contributed by atoms with Crippen LogP contribution in [-0.4, -0.2) is 5.91 Å². The Morgan fingerprint density at radius 3 is 2.56 bits per heavy atom. The van der Waals surface area contributed by atoms with Gasteiger partial charge in [-0.3, -0.25) is 10.2 Å². The van der Waals surface area contributed by atoms with Crippen molar-refractivity contribution in [3.63, 3.8) is 0 Å². The standard InChI is InChI=1S/C16H10ClF4N3O/c17-11-3-2-10(13(6-11)16(19,20)21)8-23-24-15(25)12-5-9(7-22)1-4-14(12)18/h1-6,23H,8H2,(H,24,25). The average molecular weight is 372 g/mol. The molecule has 0 saturated carbocycles. The predicted molar refractivity (Wildman–Crippen MR) is 81.9 cm³/mol. The minimum atomic E-state index is -4.61. The van der Waals surface area contributed by atoms with Gasteiger partial charge in [-0.05, 0) is 35.9 Å². The predicted octanol–water partition coefficient (Wildman–Crippen LogP) is 3.80. The first-order valence-electron chi connectivity index (χ1n) is 6.81. The van der Waals surface area contributed by atoms with Crippen molar-refractivity contribution in [1.82, 2.24) is 10.9 Å². The number of nitriles is 1. The van der Waals surface area contributed by atoms with Gasteiger partial charge >= 0.3 is 6.18 Å². The highest BCUT2D eigenvalue weighted by atomic mass is 35.5. The molecule has 0 aliphatic heterocycles. The molecule has 0 atom stereocenters. The second-order valence-corrected chi connectivity index (χ2v) is 5.35. The Hall–Kier alpha value is -2.63. The molecule has 25 heavy (non-hydrogen) atoms. The summed E-state index contributed by atoms with van der Waals surface area (Å²) >= 11 is 5.58. The highest BCUT2D eigenvalue weighted by Crippen LogP contribution is 2.33. The molecule has 2 rings (SSSR count). The van der Waals surface area contributed by atoms with Gasteiger partial charge in [-0.15, -0.1) is 0 Å². The van der Waals surface area contributed by atoms with Crippen molar-refractivity contribution < 1.29 is 22.4 Å². The fourth-order valence-electron chi connectivity index (χ4n) is 2.02. The maximum absolute atomic E-state index is 13.6. The number of halogens is 5. The second-order valence-electron chi connectivity index (χ2n) is 4.91. The molecule has 0 bridgehead atoms. The number of alkyl halides is 3. The molecule has 0 saturated heterocycles. The van der Waals surface area contributed by atoms with Gasteiger partial charge in [0.25, 0.3) is 5.91 Å². The van der Waals surface area contributed by atoms with Crippen molar-refractivity contribution in [2.75, 3.05) is 0 Å². The van der Waals surface area contributed by atoms with Gasteiger partial charge < -0.3 is 0 Å². The number of rotatable bonds is 4. The van der Waals surface area contributed by atoms with E-state index in [0.29, 0.717) is 0 Å². The molecule has 2 N–H and O–H groups in total. The van der Waals surface area contributed by atoms with E-state index in [0.717, 1.165) is 18.2 Å². The van der Waals surface area contributed by atoms with Crippen LogP contribution >= 0.6 is 11.6 Å². The van der Waals surface area contributed by atoms with Crippen LogP contribution in [0.4, 0.5) is 17.6 Å². The molecule has 130 valence electrons. The van der Waals surface area contributed by atoms with Gasteiger partial charge in [0, 0.05) is 11.6 Å². The van der Waals surface area contributed by atoms with Crippen LogP contribution in [0.15, 0.2) is 36.4 Å². The van der Waals surface area contributed by atoms with Crippen molar-refractivity contribution in [3.8, 4) is 6.07 Å². The van der Waals surface area contributed by atoms with E-state index in [1.807, 2.05) is 0 Å². The van der Waals surface area contributed by atoms with Crippen LogP contribution in [0.5, 0.6) is 0 Å². The Morgan fingerprint density at radius 1 is 1.20 bits per heavy atom. The van der Waals surface area contributed by atoms with Crippen LogP contribution < -0.4 is 10.9 Å². The number of hydrazine groups is 1. The molecule has 0 heterocycles. The summed E-state index contributed by atoms with van der Waals surface area (Å²) in [6.07, 6.45) is -4.61. The number of nitrogens with one attached hydrogen (secondary N) is 2. The van der Waals surface area contributed by atoms with E-state index in [9.17, 15) is 22.4 Å². The topological polar surface area (TPSA) is 64.9 Å². The number of benzene rings is 2. The van der Waals surface area contributed by atoms with Crippen molar-refractivity contribution >= 4 is 17.5 Å². The summed E-state index contributed by atoms with van der Waals surface area (Å²) in [5.74, 6) is -1.78. The zero-order chi connectivity index (χ0) is 18.6. The number of hydrogen-bond acceptors (Lipinski definition) is 3. The third-order valence-electron chi connectivity index (χ3n) is 3.20. The fourth-order valence-corrected chi connectivity index (χ4v) is 2.19.